The molecule has 0 saturated heterocycles. The molecule has 1 amide bonds. The number of nitrogens with zero attached hydrogens (tertiary/aromatic N) is 2. The van der Waals surface area contributed by atoms with Crippen molar-refractivity contribution in [3.05, 3.63) is 57.6 Å². The molecule has 0 atom stereocenters. The van der Waals surface area contributed by atoms with E-state index in [-0.39, 0.29) is 23.4 Å². The van der Waals surface area contributed by atoms with Crippen molar-refractivity contribution in [3.8, 4) is 29.6 Å². The molecule has 9 heteroatoms. The molecule has 144 valence electrons. The van der Waals surface area contributed by atoms with Gasteiger partial charge in [-0.05, 0) is 18.2 Å². The maximum Gasteiger partial charge on any atom is 0.275 e. The number of non-ortho nitro benzene ring substituents is 1. The van der Waals surface area contributed by atoms with Crippen molar-refractivity contribution in [3.63, 3.8) is 0 Å². The molecule has 0 aromatic heterocycles. The summed E-state index contributed by atoms with van der Waals surface area (Å²) in [4.78, 5) is 22.7. The van der Waals surface area contributed by atoms with Gasteiger partial charge in [0, 0.05) is 23.8 Å². The van der Waals surface area contributed by atoms with E-state index in [1.54, 1.807) is 12.1 Å². The van der Waals surface area contributed by atoms with Gasteiger partial charge in [0.2, 0.25) is 0 Å². The summed E-state index contributed by atoms with van der Waals surface area (Å²) in [6.45, 7) is -0.0198. The number of rotatable bonds is 8. The minimum Gasteiger partial charge on any atom is -0.497 e. The molecule has 0 heterocycles. The lowest BCUT2D eigenvalue weighted by atomic mass is 10.2. The average Bonchev–Trinajstić information content (AvgIpc) is 2.71. The van der Waals surface area contributed by atoms with E-state index >= 15 is 0 Å². The van der Waals surface area contributed by atoms with E-state index in [9.17, 15) is 14.9 Å². The van der Waals surface area contributed by atoms with E-state index in [0.29, 0.717) is 17.2 Å². The van der Waals surface area contributed by atoms with Gasteiger partial charge in [-0.2, -0.15) is 5.10 Å². The Morgan fingerprint density at radius 1 is 1.25 bits per heavy atom. The Kier molecular flexibility index (Phi) is 6.93. The topological polar surface area (TPSA) is 112 Å². The number of nitrogens with one attached hydrogen (secondary N) is 1. The standard InChI is InChI=1S/C19H17N3O6/c1-4-9-28-17-8-5-14(22(24)25)10-13(17)12-20-21-19(23)16-7-6-15(26-2)11-18(16)27-3/h1,5-8,10-12H,9H2,2-3H3,(H,21,23)/b20-12-. The average molecular weight is 383 g/mol. The van der Waals surface area contributed by atoms with Crippen molar-refractivity contribution in [2.75, 3.05) is 20.8 Å². The van der Waals surface area contributed by atoms with E-state index in [0.717, 1.165) is 0 Å². The number of ether oxygens (including phenoxy) is 3. The third-order valence-electron chi connectivity index (χ3n) is 3.54. The van der Waals surface area contributed by atoms with Gasteiger partial charge in [-0.25, -0.2) is 5.43 Å². The Morgan fingerprint density at radius 3 is 2.68 bits per heavy atom. The lowest BCUT2D eigenvalue weighted by Crippen LogP contribution is -2.18. The summed E-state index contributed by atoms with van der Waals surface area (Å²) in [5.74, 6) is 2.90. The summed E-state index contributed by atoms with van der Waals surface area (Å²) in [6.07, 6.45) is 6.39. The maximum atomic E-state index is 12.3. The van der Waals surface area contributed by atoms with Crippen molar-refractivity contribution in [1.82, 2.24) is 5.43 Å². The fraction of sp³-hybridized carbons (Fsp3) is 0.158. The zero-order chi connectivity index (χ0) is 20.5. The molecule has 9 nitrogen and oxygen atoms in total. The van der Waals surface area contributed by atoms with Crippen LogP contribution in [-0.2, 0) is 0 Å². The van der Waals surface area contributed by atoms with Crippen molar-refractivity contribution >= 4 is 17.8 Å². The number of benzene rings is 2. The zero-order valence-electron chi connectivity index (χ0n) is 15.2. The molecule has 0 aliphatic carbocycles. The van der Waals surface area contributed by atoms with Gasteiger partial charge < -0.3 is 14.2 Å². The number of amides is 1. The number of terminal acetylenes is 1. The summed E-state index contributed by atoms with van der Waals surface area (Å²) >= 11 is 0. The van der Waals surface area contributed by atoms with Crippen LogP contribution in [-0.4, -0.2) is 37.9 Å². The smallest absolute Gasteiger partial charge is 0.275 e. The summed E-state index contributed by atoms with van der Waals surface area (Å²) in [7, 11) is 2.92. The maximum absolute atomic E-state index is 12.3. The molecule has 2 aromatic carbocycles. The number of hydrogen-bond donors (Lipinski definition) is 1. The van der Waals surface area contributed by atoms with Gasteiger partial charge in [0.15, 0.2) is 0 Å². The number of nitro groups is 1. The number of hydrazone groups is 1. The Hall–Kier alpha value is -4.06. The largest absolute Gasteiger partial charge is 0.497 e. The lowest BCUT2D eigenvalue weighted by molar-refractivity contribution is -0.384. The summed E-state index contributed by atoms with van der Waals surface area (Å²) in [6, 6.07) is 8.64. The molecule has 0 fully saturated rings. The molecule has 2 rings (SSSR count). The SMILES string of the molecule is C#CCOc1ccc([N+](=O)[O-])cc1/C=N\NC(=O)c1ccc(OC)cc1OC. The van der Waals surface area contributed by atoms with Crippen LogP contribution in [0.1, 0.15) is 15.9 Å². The molecule has 0 bridgehead atoms. The van der Waals surface area contributed by atoms with Crippen LogP contribution in [0.3, 0.4) is 0 Å². The number of methoxy groups -OCH3 is 2. The Labute approximate surface area is 161 Å². The summed E-state index contributed by atoms with van der Waals surface area (Å²) in [5, 5.41) is 14.8. The second-order valence-electron chi connectivity index (χ2n) is 5.24. The van der Waals surface area contributed by atoms with Crippen LogP contribution in [0, 0.1) is 22.5 Å². The number of hydrogen-bond acceptors (Lipinski definition) is 7. The van der Waals surface area contributed by atoms with Crippen LogP contribution < -0.4 is 19.6 Å². The third-order valence-corrected chi connectivity index (χ3v) is 3.54. The molecule has 0 aliphatic rings. The molecular formula is C19H17N3O6. The second kappa shape index (κ2) is 9.59. The highest BCUT2D eigenvalue weighted by atomic mass is 16.6. The van der Waals surface area contributed by atoms with Gasteiger partial charge in [0.1, 0.15) is 23.9 Å². The minimum atomic E-state index is -0.552. The monoisotopic (exact) mass is 383 g/mol. The molecule has 0 spiro atoms. The molecule has 0 aliphatic heterocycles. The van der Waals surface area contributed by atoms with Crippen LogP contribution in [0.25, 0.3) is 0 Å². The number of nitro benzene ring substituents is 1. The number of carbonyl (C=O) groups excluding carboxylic acids is 1. The Morgan fingerprint density at radius 2 is 2.04 bits per heavy atom. The molecular weight excluding hydrogens is 366 g/mol. The van der Waals surface area contributed by atoms with Gasteiger partial charge in [0.25, 0.3) is 11.6 Å². The lowest BCUT2D eigenvalue weighted by Gasteiger charge is -2.09. The van der Waals surface area contributed by atoms with Gasteiger partial charge >= 0.3 is 0 Å². The second-order valence-corrected chi connectivity index (χ2v) is 5.24. The van der Waals surface area contributed by atoms with E-state index < -0.39 is 10.8 Å². The van der Waals surface area contributed by atoms with Crippen LogP contribution in [0.4, 0.5) is 5.69 Å². The van der Waals surface area contributed by atoms with Gasteiger partial charge in [0.05, 0.1) is 30.9 Å². The van der Waals surface area contributed by atoms with Crippen molar-refractivity contribution in [2.24, 2.45) is 5.10 Å². The van der Waals surface area contributed by atoms with E-state index in [4.69, 9.17) is 20.6 Å². The normalized spacial score (nSPS) is 10.2. The predicted molar refractivity (Wildman–Crippen MR) is 102 cm³/mol. The molecule has 1 N–H and O–H groups in total. The minimum absolute atomic E-state index is 0.0198. The molecule has 28 heavy (non-hydrogen) atoms. The Bertz CT molecular complexity index is 949. The van der Waals surface area contributed by atoms with E-state index in [1.807, 2.05) is 0 Å². The van der Waals surface area contributed by atoms with E-state index in [2.05, 4.69) is 16.4 Å². The van der Waals surface area contributed by atoms with Crippen LogP contribution >= 0.6 is 0 Å². The first-order valence-electron chi connectivity index (χ1n) is 7.90. The Balaban J connectivity index is 2.21. The highest BCUT2D eigenvalue weighted by Gasteiger charge is 2.14. The first-order valence-corrected chi connectivity index (χ1v) is 7.90. The quantitative estimate of drug-likeness (QED) is 0.324. The van der Waals surface area contributed by atoms with Gasteiger partial charge in [-0.3, -0.25) is 14.9 Å². The molecule has 0 saturated carbocycles. The van der Waals surface area contributed by atoms with Crippen molar-refractivity contribution < 1.29 is 23.9 Å². The first-order chi connectivity index (χ1) is 13.5. The molecule has 0 unspecified atom stereocenters. The zero-order valence-corrected chi connectivity index (χ0v) is 15.2. The van der Waals surface area contributed by atoms with Gasteiger partial charge in [-0.1, -0.05) is 5.92 Å². The van der Waals surface area contributed by atoms with E-state index in [1.165, 1.54) is 44.7 Å². The highest BCUT2D eigenvalue weighted by molar-refractivity contribution is 5.97. The predicted octanol–water partition coefficient (Wildman–Crippen LogP) is 2.39. The molecule has 0 radical (unpaired) electrons. The van der Waals surface area contributed by atoms with Crippen LogP contribution in [0.5, 0.6) is 17.2 Å². The van der Waals surface area contributed by atoms with Crippen molar-refractivity contribution in [1.29, 1.82) is 0 Å². The summed E-state index contributed by atoms with van der Waals surface area (Å²) in [5.41, 5.74) is 2.70. The third kappa shape index (κ3) is 4.98. The fourth-order valence-electron chi connectivity index (χ4n) is 2.21. The van der Waals surface area contributed by atoms with Crippen LogP contribution in [0.2, 0.25) is 0 Å². The fourth-order valence-corrected chi connectivity index (χ4v) is 2.21. The highest BCUT2D eigenvalue weighted by Crippen LogP contribution is 2.25. The van der Waals surface area contributed by atoms with Gasteiger partial charge in [-0.15, -0.1) is 6.42 Å². The first kappa shape index (κ1) is 20.3. The number of carbonyl (C=O) groups is 1. The summed E-state index contributed by atoms with van der Waals surface area (Å²) < 4.78 is 15.6. The van der Waals surface area contributed by atoms with Crippen LogP contribution in [0.15, 0.2) is 41.5 Å². The molecule has 2 aromatic rings. The van der Waals surface area contributed by atoms with Crippen molar-refractivity contribution in [2.45, 2.75) is 0 Å².